The summed E-state index contributed by atoms with van der Waals surface area (Å²) in [6.45, 7) is 4.31. The molecule has 0 aliphatic rings. The molecule has 2 aromatic rings. The van der Waals surface area contributed by atoms with E-state index in [2.05, 4.69) is 21.2 Å². The Morgan fingerprint density at radius 2 is 2.19 bits per heavy atom. The molecule has 2 rings (SSSR count). The lowest BCUT2D eigenvalue weighted by atomic mass is 9.94. The molecular weight excluding hydrogens is 266 g/mol. The predicted octanol–water partition coefficient (Wildman–Crippen LogP) is 2.43. The van der Waals surface area contributed by atoms with E-state index < -0.39 is 0 Å². The van der Waals surface area contributed by atoms with Gasteiger partial charge in [-0.15, -0.1) is 6.58 Å². The van der Waals surface area contributed by atoms with Crippen LogP contribution in [0.15, 0.2) is 53.9 Å². The second-order valence-corrected chi connectivity index (χ2v) is 4.84. The summed E-state index contributed by atoms with van der Waals surface area (Å²) in [4.78, 5) is 18.3. The number of nitrogens with zero attached hydrogens (tertiary/aromatic N) is 3. The molecule has 110 valence electrons. The van der Waals surface area contributed by atoms with Crippen LogP contribution < -0.4 is 0 Å². The normalized spacial score (nSPS) is 11.9. The maximum Gasteiger partial charge on any atom is 0.230 e. The molecule has 0 N–H and O–H groups in total. The minimum atomic E-state index is -0.195. The first kappa shape index (κ1) is 15.0. The van der Waals surface area contributed by atoms with Gasteiger partial charge in [0, 0.05) is 20.0 Å². The number of allylic oxidation sites excluding steroid dienone is 1. The Kier molecular flexibility index (Phi) is 5.26. The highest BCUT2D eigenvalue weighted by Gasteiger charge is 2.22. The second-order valence-electron chi connectivity index (χ2n) is 4.84. The molecule has 0 bridgehead atoms. The molecule has 1 unspecified atom stereocenters. The molecule has 0 saturated carbocycles. The van der Waals surface area contributed by atoms with E-state index in [1.807, 2.05) is 30.3 Å². The first-order valence-corrected chi connectivity index (χ1v) is 6.88. The molecule has 0 fully saturated rings. The lowest BCUT2D eigenvalue weighted by Crippen LogP contribution is -2.33. The average molecular weight is 285 g/mol. The molecule has 0 saturated heterocycles. The van der Waals surface area contributed by atoms with Gasteiger partial charge in [0.05, 0.1) is 5.92 Å². The van der Waals surface area contributed by atoms with Crippen LogP contribution in [0.25, 0.3) is 0 Å². The molecular formula is C16H19N3O2. The number of aromatic nitrogens is 2. The van der Waals surface area contributed by atoms with Crippen molar-refractivity contribution in [1.82, 2.24) is 15.0 Å². The van der Waals surface area contributed by atoms with E-state index in [0.717, 1.165) is 5.56 Å². The van der Waals surface area contributed by atoms with Crippen molar-refractivity contribution >= 4 is 5.91 Å². The Hall–Kier alpha value is -2.43. The first-order valence-electron chi connectivity index (χ1n) is 6.88. The molecule has 0 radical (unpaired) electrons. The zero-order chi connectivity index (χ0) is 15.1. The smallest absolute Gasteiger partial charge is 0.230 e. The van der Waals surface area contributed by atoms with Gasteiger partial charge in [-0.3, -0.25) is 4.79 Å². The van der Waals surface area contributed by atoms with Crippen LogP contribution in [0.1, 0.15) is 23.7 Å². The molecule has 1 heterocycles. The largest absolute Gasteiger partial charge is 0.345 e. The Balaban J connectivity index is 2.02. The standard InChI is InChI=1S/C16H19N3O2/c1-3-7-14(13-8-5-4-6-9-13)16(20)19(2)11-10-15-17-12-21-18-15/h3-6,8-9,12,14H,1,7,10-11H2,2H3. The van der Waals surface area contributed by atoms with E-state index in [1.165, 1.54) is 6.39 Å². The molecule has 0 aliphatic carbocycles. The number of likely N-dealkylation sites (N-methyl/N-ethyl adjacent to an activating group) is 1. The fourth-order valence-electron chi connectivity index (χ4n) is 2.18. The second kappa shape index (κ2) is 7.38. The minimum absolute atomic E-state index is 0.0737. The molecule has 5 nitrogen and oxygen atoms in total. The van der Waals surface area contributed by atoms with Crippen molar-refractivity contribution in [3.8, 4) is 0 Å². The lowest BCUT2D eigenvalue weighted by Gasteiger charge is -2.23. The summed E-state index contributed by atoms with van der Waals surface area (Å²) in [6.07, 6.45) is 4.27. The van der Waals surface area contributed by atoms with Crippen molar-refractivity contribution in [2.45, 2.75) is 18.8 Å². The monoisotopic (exact) mass is 285 g/mol. The Labute approximate surface area is 124 Å². The fourth-order valence-corrected chi connectivity index (χ4v) is 2.18. The summed E-state index contributed by atoms with van der Waals surface area (Å²) in [6, 6.07) is 9.77. The highest BCUT2D eigenvalue weighted by molar-refractivity contribution is 5.83. The van der Waals surface area contributed by atoms with Crippen molar-refractivity contribution in [2.24, 2.45) is 0 Å². The molecule has 21 heavy (non-hydrogen) atoms. The summed E-state index contributed by atoms with van der Waals surface area (Å²) in [5, 5.41) is 3.75. The molecule has 0 aliphatic heterocycles. The molecule has 1 amide bonds. The topological polar surface area (TPSA) is 59.2 Å². The Morgan fingerprint density at radius 1 is 1.43 bits per heavy atom. The first-order chi connectivity index (χ1) is 10.2. The minimum Gasteiger partial charge on any atom is -0.345 e. The van der Waals surface area contributed by atoms with Gasteiger partial charge in [-0.1, -0.05) is 41.6 Å². The summed E-state index contributed by atoms with van der Waals surface area (Å²) in [5.74, 6) is 0.484. The Bertz CT molecular complexity index is 566. The number of benzene rings is 1. The van der Waals surface area contributed by atoms with Crippen LogP contribution in [0.3, 0.4) is 0 Å². The van der Waals surface area contributed by atoms with Crippen molar-refractivity contribution in [3.63, 3.8) is 0 Å². The summed E-state index contributed by atoms with van der Waals surface area (Å²) >= 11 is 0. The summed E-state index contributed by atoms with van der Waals surface area (Å²) in [7, 11) is 1.79. The van der Waals surface area contributed by atoms with Crippen LogP contribution >= 0.6 is 0 Å². The van der Waals surface area contributed by atoms with Gasteiger partial charge < -0.3 is 9.42 Å². The van der Waals surface area contributed by atoms with E-state index in [4.69, 9.17) is 0 Å². The zero-order valence-corrected chi connectivity index (χ0v) is 12.1. The molecule has 1 atom stereocenters. The molecule has 1 aromatic carbocycles. The van der Waals surface area contributed by atoms with E-state index in [9.17, 15) is 4.79 Å². The predicted molar refractivity (Wildman–Crippen MR) is 79.6 cm³/mol. The van der Waals surface area contributed by atoms with E-state index >= 15 is 0 Å². The maximum atomic E-state index is 12.6. The quantitative estimate of drug-likeness (QED) is 0.733. The highest BCUT2D eigenvalue weighted by Crippen LogP contribution is 2.22. The third-order valence-electron chi connectivity index (χ3n) is 3.36. The number of hydrogen-bond acceptors (Lipinski definition) is 4. The van der Waals surface area contributed by atoms with Gasteiger partial charge in [0.25, 0.3) is 0 Å². The number of rotatable bonds is 7. The van der Waals surface area contributed by atoms with Gasteiger partial charge in [-0.2, -0.15) is 4.98 Å². The van der Waals surface area contributed by atoms with Crippen LogP contribution in [0, 0.1) is 0 Å². The van der Waals surface area contributed by atoms with Crippen LogP contribution in [0.5, 0.6) is 0 Å². The summed E-state index contributed by atoms with van der Waals surface area (Å²) in [5.41, 5.74) is 1.01. The summed E-state index contributed by atoms with van der Waals surface area (Å²) < 4.78 is 4.68. The highest BCUT2D eigenvalue weighted by atomic mass is 16.5. The van der Waals surface area contributed by atoms with Crippen LogP contribution in [0.2, 0.25) is 0 Å². The molecule has 0 spiro atoms. The number of amides is 1. The number of hydrogen-bond donors (Lipinski definition) is 0. The molecule has 1 aromatic heterocycles. The van der Waals surface area contributed by atoms with Gasteiger partial charge in [-0.25, -0.2) is 0 Å². The van der Waals surface area contributed by atoms with Crippen molar-refractivity contribution < 1.29 is 9.32 Å². The van der Waals surface area contributed by atoms with Crippen molar-refractivity contribution in [2.75, 3.05) is 13.6 Å². The van der Waals surface area contributed by atoms with Crippen LogP contribution in [-0.2, 0) is 11.2 Å². The third-order valence-corrected chi connectivity index (χ3v) is 3.36. The zero-order valence-electron chi connectivity index (χ0n) is 12.1. The van der Waals surface area contributed by atoms with Crippen LogP contribution in [-0.4, -0.2) is 34.5 Å². The average Bonchev–Trinajstić information content (AvgIpc) is 3.04. The molecule has 5 heteroatoms. The van der Waals surface area contributed by atoms with Crippen LogP contribution in [0.4, 0.5) is 0 Å². The van der Waals surface area contributed by atoms with E-state index in [0.29, 0.717) is 25.2 Å². The van der Waals surface area contributed by atoms with Gasteiger partial charge in [0.1, 0.15) is 0 Å². The number of carbonyl (C=O) groups excluding carboxylic acids is 1. The van der Waals surface area contributed by atoms with Crippen molar-refractivity contribution in [3.05, 3.63) is 60.8 Å². The van der Waals surface area contributed by atoms with Gasteiger partial charge in [0.15, 0.2) is 5.82 Å². The van der Waals surface area contributed by atoms with E-state index in [-0.39, 0.29) is 11.8 Å². The van der Waals surface area contributed by atoms with E-state index in [1.54, 1.807) is 18.0 Å². The van der Waals surface area contributed by atoms with Gasteiger partial charge in [0.2, 0.25) is 12.3 Å². The Morgan fingerprint density at radius 3 is 2.81 bits per heavy atom. The van der Waals surface area contributed by atoms with Gasteiger partial charge >= 0.3 is 0 Å². The number of carbonyl (C=O) groups is 1. The third kappa shape index (κ3) is 4.02. The SMILES string of the molecule is C=CCC(C(=O)N(C)CCc1ncon1)c1ccccc1. The lowest BCUT2D eigenvalue weighted by molar-refractivity contribution is -0.131. The van der Waals surface area contributed by atoms with Gasteiger partial charge in [-0.05, 0) is 12.0 Å². The van der Waals surface area contributed by atoms with Crippen molar-refractivity contribution in [1.29, 1.82) is 0 Å². The fraction of sp³-hybridized carbons (Fsp3) is 0.312. The maximum absolute atomic E-state index is 12.6.